The zero-order valence-electron chi connectivity index (χ0n) is 17.3. The molecular weight excluding hydrogens is 435 g/mol. The standard InChI is InChI=1S/C20H26F3N3O4S/c1-10(9-31)19(28)26(20(29)30)8-14(3-11(26)2)25-18(27)6-13(24)4-12-5-16(22)17(23)7-15(12)21/h5,7,10-11,13-14H,3-4,6,8-9,24H2,1-2H3,(H2-,25,27,29,30,31)/p+1/t10-,11?,13-,14+,26?/m1/s1. The van der Waals surface area contributed by atoms with Gasteiger partial charge in [-0.15, -0.1) is 0 Å². The van der Waals surface area contributed by atoms with Crippen molar-refractivity contribution < 1.29 is 37.1 Å². The van der Waals surface area contributed by atoms with Gasteiger partial charge in [0.2, 0.25) is 5.91 Å². The number of hydrogen-bond acceptors (Lipinski definition) is 5. The number of carbonyl (C=O) groups excluding carboxylic acids is 2. The molecule has 0 aliphatic carbocycles. The Morgan fingerprint density at radius 1 is 1.26 bits per heavy atom. The Bertz CT molecular complexity index is 872. The summed E-state index contributed by atoms with van der Waals surface area (Å²) in [7, 11) is 0. The van der Waals surface area contributed by atoms with E-state index in [1.54, 1.807) is 13.8 Å². The minimum atomic E-state index is -1.32. The van der Waals surface area contributed by atoms with Crippen molar-refractivity contribution in [1.82, 2.24) is 5.32 Å². The molecule has 172 valence electrons. The van der Waals surface area contributed by atoms with Crippen LogP contribution in [-0.2, 0) is 16.0 Å². The monoisotopic (exact) mass is 462 g/mol. The molecular formula is C20H27F3N3O4S+. The van der Waals surface area contributed by atoms with E-state index < -0.39 is 63.9 Å². The second-order valence-electron chi connectivity index (χ2n) is 8.13. The van der Waals surface area contributed by atoms with Crippen molar-refractivity contribution in [3.8, 4) is 0 Å². The molecule has 7 nitrogen and oxygen atoms in total. The summed E-state index contributed by atoms with van der Waals surface area (Å²) in [6.07, 6.45) is -1.44. The molecule has 2 unspecified atom stereocenters. The summed E-state index contributed by atoms with van der Waals surface area (Å²) in [4.78, 5) is 37.1. The Labute approximate surface area is 183 Å². The third-order valence-electron chi connectivity index (χ3n) is 5.70. The van der Waals surface area contributed by atoms with Gasteiger partial charge in [-0.05, 0) is 31.9 Å². The van der Waals surface area contributed by atoms with Gasteiger partial charge in [0.25, 0.3) is 0 Å². The summed E-state index contributed by atoms with van der Waals surface area (Å²) in [5.41, 5.74) is 5.72. The maximum atomic E-state index is 13.8. The maximum absolute atomic E-state index is 13.8. The number of carbonyl (C=O) groups is 3. The molecule has 3 amide bonds. The first kappa shape index (κ1) is 25.2. The fraction of sp³-hybridized carbons (Fsp3) is 0.550. The molecule has 1 aliphatic heterocycles. The highest BCUT2D eigenvalue weighted by molar-refractivity contribution is 7.80. The molecule has 0 radical (unpaired) electrons. The lowest BCUT2D eigenvalue weighted by atomic mass is 10.0. The topological polar surface area (TPSA) is 109 Å². The molecule has 4 N–H and O–H groups in total. The van der Waals surface area contributed by atoms with Crippen molar-refractivity contribution in [3.05, 3.63) is 35.1 Å². The van der Waals surface area contributed by atoms with E-state index >= 15 is 0 Å². The van der Waals surface area contributed by atoms with Crippen LogP contribution in [0.3, 0.4) is 0 Å². The number of hydrogen-bond donors (Lipinski definition) is 4. The Morgan fingerprint density at radius 3 is 2.45 bits per heavy atom. The minimum absolute atomic E-state index is 0.105. The second-order valence-corrected chi connectivity index (χ2v) is 8.50. The van der Waals surface area contributed by atoms with E-state index in [0.717, 1.165) is 0 Å². The van der Waals surface area contributed by atoms with Crippen molar-refractivity contribution in [1.29, 1.82) is 0 Å². The van der Waals surface area contributed by atoms with Crippen molar-refractivity contribution in [2.75, 3.05) is 12.3 Å². The Balaban J connectivity index is 2.02. The summed E-state index contributed by atoms with van der Waals surface area (Å²) in [5.74, 6) is -4.84. The van der Waals surface area contributed by atoms with Crippen LogP contribution in [0.4, 0.5) is 18.0 Å². The number of rotatable bonds is 7. The van der Waals surface area contributed by atoms with E-state index in [9.17, 15) is 32.7 Å². The van der Waals surface area contributed by atoms with Gasteiger partial charge in [0.05, 0.1) is 12.0 Å². The molecule has 31 heavy (non-hydrogen) atoms. The van der Waals surface area contributed by atoms with Crippen molar-refractivity contribution >= 4 is 30.5 Å². The number of quaternary nitrogens is 1. The third-order valence-corrected chi connectivity index (χ3v) is 6.25. The number of halogens is 3. The number of nitrogens with two attached hydrogens (primary N) is 1. The largest absolute Gasteiger partial charge is 0.521 e. The number of nitrogens with one attached hydrogen (secondary N) is 1. The number of carboxylic acid groups (broad SMARTS) is 1. The van der Waals surface area contributed by atoms with Gasteiger partial charge < -0.3 is 16.2 Å². The molecule has 1 aliphatic rings. The predicted molar refractivity (Wildman–Crippen MR) is 110 cm³/mol. The van der Waals surface area contributed by atoms with Gasteiger partial charge in [0.15, 0.2) is 11.6 Å². The van der Waals surface area contributed by atoms with Crippen LogP contribution in [0.5, 0.6) is 0 Å². The van der Waals surface area contributed by atoms with Crippen LogP contribution in [0.1, 0.15) is 32.3 Å². The average Bonchev–Trinajstić information content (AvgIpc) is 3.01. The highest BCUT2D eigenvalue weighted by atomic mass is 32.1. The average molecular weight is 463 g/mol. The number of imide groups is 1. The molecule has 0 saturated carbocycles. The van der Waals surface area contributed by atoms with E-state index in [1.807, 2.05) is 0 Å². The van der Waals surface area contributed by atoms with Crippen molar-refractivity contribution in [2.45, 2.75) is 51.2 Å². The molecule has 1 fully saturated rings. The van der Waals surface area contributed by atoms with E-state index in [1.165, 1.54) is 0 Å². The lowest BCUT2D eigenvalue weighted by Crippen LogP contribution is -2.61. The first-order valence-corrected chi connectivity index (χ1v) is 10.5. The first-order valence-electron chi connectivity index (χ1n) is 9.87. The van der Waals surface area contributed by atoms with Gasteiger partial charge in [0.1, 0.15) is 18.4 Å². The number of amides is 3. The molecule has 1 heterocycles. The molecule has 0 spiro atoms. The van der Waals surface area contributed by atoms with Gasteiger partial charge >= 0.3 is 12.0 Å². The SMILES string of the molecule is CC1C[C@H](NC(=O)C[C@H](N)Cc2cc(F)c(F)cc2F)C[N+]1(C(=O)O)C(=O)[C@H](C)CS. The van der Waals surface area contributed by atoms with Crippen LogP contribution in [0.2, 0.25) is 0 Å². The predicted octanol–water partition coefficient (Wildman–Crippen LogP) is 2.23. The fourth-order valence-corrected chi connectivity index (χ4v) is 4.19. The minimum Gasteiger partial charge on any atom is -0.435 e. The molecule has 1 aromatic carbocycles. The quantitative estimate of drug-likeness (QED) is 0.282. The molecule has 1 aromatic rings. The van der Waals surface area contributed by atoms with Crippen LogP contribution in [0.15, 0.2) is 12.1 Å². The smallest absolute Gasteiger partial charge is 0.435 e. The lowest BCUT2D eigenvalue weighted by molar-refractivity contribution is -0.794. The highest BCUT2D eigenvalue weighted by Crippen LogP contribution is 2.31. The van der Waals surface area contributed by atoms with Crippen LogP contribution < -0.4 is 11.1 Å². The molecule has 1 saturated heterocycles. The normalized spacial score (nSPS) is 25.1. The molecule has 11 heteroatoms. The summed E-state index contributed by atoms with van der Waals surface area (Å²) in [6.45, 7) is 3.14. The molecule has 0 aromatic heterocycles. The van der Waals surface area contributed by atoms with E-state index in [0.29, 0.717) is 12.1 Å². The van der Waals surface area contributed by atoms with Crippen LogP contribution in [0, 0.1) is 23.4 Å². The van der Waals surface area contributed by atoms with Crippen LogP contribution in [0.25, 0.3) is 0 Å². The maximum Gasteiger partial charge on any atom is 0.521 e. The van der Waals surface area contributed by atoms with Crippen LogP contribution in [-0.4, -0.2) is 57.9 Å². The number of likely N-dealkylation sites (tertiary alicyclic amines) is 1. The van der Waals surface area contributed by atoms with E-state index in [4.69, 9.17) is 5.73 Å². The Kier molecular flexibility index (Phi) is 8.12. The summed E-state index contributed by atoms with van der Waals surface area (Å²) < 4.78 is 39.3. The van der Waals surface area contributed by atoms with Crippen molar-refractivity contribution in [2.24, 2.45) is 11.7 Å². The Morgan fingerprint density at radius 2 is 1.87 bits per heavy atom. The fourth-order valence-electron chi connectivity index (χ4n) is 4.04. The van der Waals surface area contributed by atoms with Gasteiger partial charge in [-0.1, -0.05) is 0 Å². The number of benzene rings is 1. The molecule has 5 atom stereocenters. The zero-order chi connectivity index (χ0) is 23.5. The number of thiol groups is 1. The van der Waals surface area contributed by atoms with Gasteiger partial charge in [0, 0.05) is 30.7 Å². The number of nitrogens with zero attached hydrogens (tertiary/aromatic N) is 1. The summed E-state index contributed by atoms with van der Waals surface area (Å²) in [5, 5.41) is 12.5. The van der Waals surface area contributed by atoms with Gasteiger partial charge in [-0.25, -0.2) is 18.0 Å². The lowest BCUT2D eigenvalue weighted by Gasteiger charge is -2.31. The summed E-state index contributed by atoms with van der Waals surface area (Å²) in [6, 6.07) is -0.871. The van der Waals surface area contributed by atoms with Gasteiger partial charge in [-0.3, -0.25) is 4.79 Å². The van der Waals surface area contributed by atoms with Crippen molar-refractivity contribution in [3.63, 3.8) is 0 Å². The van der Waals surface area contributed by atoms with E-state index in [-0.39, 0.29) is 37.1 Å². The highest BCUT2D eigenvalue weighted by Gasteiger charge is 2.57. The first-order chi connectivity index (χ1) is 14.4. The Hall–Kier alpha value is -2.11. The van der Waals surface area contributed by atoms with E-state index in [2.05, 4.69) is 17.9 Å². The second kappa shape index (κ2) is 10.0. The summed E-state index contributed by atoms with van der Waals surface area (Å²) >= 11 is 4.08. The van der Waals surface area contributed by atoms with Crippen LogP contribution >= 0.6 is 12.6 Å². The molecule has 2 rings (SSSR count). The zero-order valence-corrected chi connectivity index (χ0v) is 18.2. The molecule has 0 bridgehead atoms. The van der Waals surface area contributed by atoms with Gasteiger partial charge in [-0.2, -0.15) is 21.9 Å². The third kappa shape index (κ3) is 5.39.